The molecule has 0 aliphatic carbocycles. The van der Waals surface area contributed by atoms with Crippen molar-refractivity contribution >= 4 is 16.9 Å². The molecule has 0 radical (unpaired) electrons. The number of pyridine rings is 1. The average Bonchev–Trinajstić information content (AvgIpc) is 2.41. The van der Waals surface area contributed by atoms with Crippen molar-refractivity contribution in [2.75, 3.05) is 6.61 Å². The molecule has 0 saturated heterocycles. The minimum atomic E-state index is -0.503. The van der Waals surface area contributed by atoms with Gasteiger partial charge in [0.25, 0.3) is 0 Å². The Kier molecular flexibility index (Phi) is 4.64. The first-order valence-electron chi connectivity index (χ1n) is 7.80. The van der Waals surface area contributed by atoms with Crippen molar-refractivity contribution in [2.24, 2.45) is 0 Å². The van der Waals surface area contributed by atoms with Crippen LogP contribution in [-0.2, 0) is 14.9 Å². The van der Waals surface area contributed by atoms with Crippen LogP contribution in [0.15, 0.2) is 30.3 Å². The zero-order valence-corrected chi connectivity index (χ0v) is 14.8. The molecule has 0 aliphatic rings. The van der Waals surface area contributed by atoms with Crippen molar-refractivity contribution in [2.45, 2.75) is 52.6 Å². The van der Waals surface area contributed by atoms with Crippen LogP contribution in [0.3, 0.4) is 0 Å². The van der Waals surface area contributed by atoms with Gasteiger partial charge in [0.15, 0.2) is 6.61 Å². The molecule has 0 spiro atoms. The number of ether oxygens (including phenoxy) is 2. The molecule has 0 bridgehead atoms. The zero-order chi connectivity index (χ0) is 17.3. The molecule has 0 aliphatic heterocycles. The van der Waals surface area contributed by atoms with Crippen molar-refractivity contribution < 1.29 is 14.3 Å². The highest BCUT2D eigenvalue weighted by Gasteiger charge is 2.17. The highest BCUT2D eigenvalue weighted by atomic mass is 16.6. The summed E-state index contributed by atoms with van der Waals surface area (Å²) in [6.45, 7) is 11.8. The number of esters is 1. The Balaban J connectivity index is 2.11. The van der Waals surface area contributed by atoms with Gasteiger partial charge < -0.3 is 9.47 Å². The van der Waals surface area contributed by atoms with Crippen LogP contribution in [0, 0.1) is 0 Å². The van der Waals surface area contributed by atoms with E-state index in [9.17, 15) is 4.79 Å². The Labute approximate surface area is 137 Å². The highest BCUT2D eigenvalue weighted by Crippen LogP contribution is 2.25. The van der Waals surface area contributed by atoms with E-state index in [1.165, 1.54) is 0 Å². The molecule has 2 aromatic rings. The fraction of sp³-hybridized carbons (Fsp3) is 0.474. The quantitative estimate of drug-likeness (QED) is 0.794. The Morgan fingerprint density at radius 2 is 1.74 bits per heavy atom. The van der Waals surface area contributed by atoms with Crippen molar-refractivity contribution in [3.8, 4) is 5.75 Å². The standard InChI is InChI=1S/C19H25NO3/c1-18(2,3)16-10-7-13-11-14(8-9-15(13)20-16)22-12-17(21)23-19(4,5)6/h7-11H,12H2,1-6H3. The predicted octanol–water partition coefficient (Wildman–Crippen LogP) is 4.25. The van der Waals surface area contributed by atoms with Gasteiger partial charge in [-0.15, -0.1) is 0 Å². The lowest BCUT2D eigenvalue weighted by molar-refractivity contribution is -0.157. The normalized spacial score (nSPS) is 12.3. The van der Waals surface area contributed by atoms with Gasteiger partial charge in [-0.3, -0.25) is 4.98 Å². The van der Waals surface area contributed by atoms with Crippen molar-refractivity contribution in [3.63, 3.8) is 0 Å². The van der Waals surface area contributed by atoms with E-state index in [2.05, 4.69) is 25.8 Å². The molecule has 2 rings (SSSR count). The van der Waals surface area contributed by atoms with Gasteiger partial charge in [-0.05, 0) is 45.0 Å². The summed E-state index contributed by atoms with van der Waals surface area (Å²) in [7, 11) is 0. The molecular formula is C19H25NO3. The first-order chi connectivity index (χ1) is 10.5. The molecule has 4 nitrogen and oxygen atoms in total. The van der Waals surface area contributed by atoms with E-state index in [-0.39, 0.29) is 18.0 Å². The molecular weight excluding hydrogens is 290 g/mol. The lowest BCUT2D eigenvalue weighted by Gasteiger charge is -2.19. The number of hydrogen-bond acceptors (Lipinski definition) is 4. The summed E-state index contributed by atoms with van der Waals surface area (Å²) in [6, 6.07) is 9.68. The molecule has 4 heteroatoms. The van der Waals surface area contributed by atoms with Crippen LogP contribution in [0.25, 0.3) is 10.9 Å². The largest absolute Gasteiger partial charge is 0.482 e. The second kappa shape index (κ2) is 6.19. The van der Waals surface area contributed by atoms with Gasteiger partial charge in [0, 0.05) is 16.5 Å². The van der Waals surface area contributed by atoms with E-state index < -0.39 is 5.60 Å². The summed E-state index contributed by atoms with van der Waals surface area (Å²) in [5.74, 6) is 0.257. The topological polar surface area (TPSA) is 48.4 Å². The van der Waals surface area contributed by atoms with Crippen LogP contribution < -0.4 is 4.74 Å². The number of carbonyl (C=O) groups is 1. The third kappa shape index (κ3) is 4.95. The summed E-state index contributed by atoms with van der Waals surface area (Å²) in [5, 5.41) is 0.986. The fourth-order valence-electron chi connectivity index (χ4n) is 2.12. The average molecular weight is 315 g/mol. The van der Waals surface area contributed by atoms with E-state index in [0.717, 1.165) is 16.6 Å². The lowest BCUT2D eigenvalue weighted by Crippen LogP contribution is -2.27. The third-order valence-electron chi connectivity index (χ3n) is 3.21. The predicted molar refractivity (Wildman–Crippen MR) is 91.8 cm³/mol. The lowest BCUT2D eigenvalue weighted by atomic mass is 9.91. The maximum Gasteiger partial charge on any atom is 0.344 e. The van der Waals surface area contributed by atoms with Crippen molar-refractivity contribution in [3.05, 3.63) is 36.0 Å². The minimum absolute atomic E-state index is 0.0140. The minimum Gasteiger partial charge on any atom is -0.482 e. The molecule has 1 aromatic heterocycles. The second-order valence-electron chi connectivity index (χ2n) is 7.68. The van der Waals surface area contributed by atoms with Crippen LogP contribution in [0.5, 0.6) is 5.75 Å². The zero-order valence-electron chi connectivity index (χ0n) is 14.8. The van der Waals surface area contributed by atoms with E-state index in [1.807, 2.05) is 51.1 Å². The number of benzene rings is 1. The highest BCUT2D eigenvalue weighted by molar-refractivity contribution is 5.80. The van der Waals surface area contributed by atoms with Crippen molar-refractivity contribution in [1.82, 2.24) is 4.98 Å². The summed E-state index contributed by atoms with van der Waals surface area (Å²) in [6.07, 6.45) is 0. The molecule has 23 heavy (non-hydrogen) atoms. The Bertz CT molecular complexity index is 709. The monoisotopic (exact) mass is 315 g/mol. The van der Waals surface area contributed by atoms with Gasteiger partial charge in [-0.2, -0.15) is 0 Å². The summed E-state index contributed by atoms with van der Waals surface area (Å²) in [5.41, 5.74) is 1.48. The Morgan fingerprint density at radius 1 is 1.04 bits per heavy atom. The van der Waals surface area contributed by atoms with E-state index in [4.69, 9.17) is 9.47 Å². The molecule has 1 aromatic carbocycles. The van der Waals surface area contributed by atoms with Crippen LogP contribution in [0.4, 0.5) is 0 Å². The molecule has 0 N–H and O–H groups in total. The van der Waals surface area contributed by atoms with E-state index >= 15 is 0 Å². The molecule has 0 saturated carbocycles. The molecule has 1 heterocycles. The van der Waals surface area contributed by atoms with E-state index in [0.29, 0.717) is 5.75 Å². The summed E-state index contributed by atoms with van der Waals surface area (Å²) >= 11 is 0. The van der Waals surface area contributed by atoms with Gasteiger partial charge >= 0.3 is 5.97 Å². The van der Waals surface area contributed by atoms with Crippen LogP contribution in [0.1, 0.15) is 47.2 Å². The first-order valence-corrected chi connectivity index (χ1v) is 7.80. The van der Waals surface area contributed by atoms with Crippen LogP contribution >= 0.6 is 0 Å². The number of aromatic nitrogens is 1. The number of nitrogens with zero attached hydrogens (tertiary/aromatic N) is 1. The number of fused-ring (bicyclic) bond motifs is 1. The summed E-state index contributed by atoms with van der Waals surface area (Å²) in [4.78, 5) is 16.4. The fourth-order valence-corrected chi connectivity index (χ4v) is 2.12. The van der Waals surface area contributed by atoms with Crippen molar-refractivity contribution in [1.29, 1.82) is 0 Å². The molecule has 0 atom stereocenters. The number of rotatable bonds is 3. The van der Waals surface area contributed by atoms with Gasteiger partial charge in [0.1, 0.15) is 11.4 Å². The van der Waals surface area contributed by atoms with Gasteiger partial charge in [-0.1, -0.05) is 26.8 Å². The summed E-state index contributed by atoms with van der Waals surface area (Å²) < 4.78 is 10.7. The van der Waals surface area contributed by atoms with Gasteiger partial charge in [0.05, 0.1) is 5.52 Å². The maximum atomic E-state index is 11.7. The second-order valence-corrected chi connectivity index (χ2v) is 7.68. The molecule has 124 valence electrons. The number of hydrogen-bond donors (Lipinski definition) is 0. The molecule has 0 fully saturated rings. The number of carbonyl (C=O) groups excluding carboxylic acids is 1. The van der Waals surface area contributed by atoms with E-state index in [1.54, 1.807) is 0 Å². The SMILES string of the molecule is CC(C)(C)OC(=O)COc1ccc2nc(C(C)(C)C)ccc2c1. The first kappa shape index (κ1) is 17.3. The van der Waals surface area contributed by atoms with Gasteiger partial charge in [0.2, 0.25) is 0 Å². The maximum absolute atomic E-state index is 11.7. The van der Waals surface area contributed by atoms with Crippen LogP contribution in [0.2, 0.25) is 0 Å². The molecule has 0 amide bonds. The Morgan fingerprint density at radius 3 is 2.35 bits per heavy atom. The van der Waals surface area contributed by atoms with Crippen LogP contribution in [-0.4, -0.2) is 23.2 Å². The molecule has 0 unspecified atom stereocenters. The Hall–Kier alpha value is -2.10. The smallest absolute Gasteiger partial charge is 0.344 e. The van der Waals surface area contributed by atoms with Gasteiger partial charge in [-0.25, -0.2) is 4.79 Å². The third-order valence-corrected chi connectivity index (χ3v) is 3.21.